The van der Waals surface area contributed by atoms with Crippen LogP contribution in [0, 0.1) is 0 Å². The van der Waals surface area contributed by atoms with Gasteiger partial charge in [-0.1, -0.05) is 55.8 Å². The summed E-state index contributed by atoms with van der Waals surface area (Å²) in [5, 5.41) is 2.88. The number of methoxy groups -OCH3 is 1. The van der Waals surface area contributed by atoms with Crippen LogP contribution >= 0.6 is 11.8 Å². The number of para-hydroxylation sites is 1. The Morgan fingerprint density at radius 1 is 1.09 bits per heavy atom. The van der Waals surface area contributed by atoms with Gasteiger partial charge in [-0.2, -0.15) is 0 Å². The Labute approximate surface area is 199 Å². The third-order valence-electron chi connectivity index (χ3n) is 5.62. The summed E-state index contributed by atoms with van der Waals surface area (Å²) >= 11 is 1.62. The van der Waals surface area contributed by atoms with Crippen LogP contribution in [0.5, 0.6) is 5.75 Å². The zero-order chi connectivity index (χ0) is 23.2. The van der Waals surface area contributed by atoms with Gasteiger partial charge < -0.3 is 10.1 Å². The lowest BCUT2D eigenvalue weighted by molar-refractivity contribution is -0.116. The molecule has 1 fully saturated rings. The van der Waals surface area contributed by atoms with Gasteiger partial charge in [0.2, 0.25) is 11.8 Å². The first kappa shape index (κ1) is 22.9. The van der Waals surface area contributed by atoms with Gasteiger partial charge in [-0.05, 0) is 53.4 Å². The van der Waals surface area contributed by atoms with E-state index in [0.29, 0.717) is 5.75 Å². The Balaban J connectivity index is 1.51. The lowest BCUT2D eigenvalue weighted by Gasteiger charge is -2.27. The predicted octanol–water partition coefficient (Wildman–Crippen LogP) is 5.61. The van der Waals surface area contributed by atoms with Gasteiger partial charge in [0.1, 0.15) is 11.1 Å². The van der Waals surface area contributed by atoms with Crippen molar-refractivity contribution in [2.75, 3.05) is 23.1 Å². The molecule has 1 heterocycles. The van der Waals surface area contributed by atoms with E-state index in [1.165, 1.54) is 5.56 Å². The number of hydrogen-bond donors (Lipinski definition) is 1. The summed E-state index contributed by atoms with van der Waals surface area (Å²) in [4.78, 5) is 27.4. The van der Waals surface area contributed by atoms with Gasteiger partial charge in [-0.25, -0.2) is 0 Å². The van der Waals surface area contributed by atoms with Crippen molar-refractivity contribution in [3.05, 3.63) is 89.5 Å². The van der Waals surface area contributed by atoms with Gasteiger partial charge in [0.05, 0.1) is 19.3 Å². The van der Waals surface area contributed by atoms with Gasteiger partial charge in [0, 0.05) is 11.4 Å². The molecule has 170 valence electrons. The molecule has 0 saturated carbocycles. The Hall–Kier alpha value is -3.25. The first-order chi connectivity index (χ1) is 16.1. The maximum atomic E-state index is 12.9. The second-order valence-electron chi connectivity index (χ2n) is 8.00. The largest absolute Gasteiger partial charge is 0.497 e. The Kier molecular flexibility index (Phi) is 7.35. The standard InChI is InChI=1S/C27H28N2O3S/c1-3-7-20-8-4-5-11-24(20)29-26(31)18-33-27(29)21-9-6-10-22(17-21)28-25(30)16-19-12-14-23(32-2)15-13-19/h4-6,8-15,17,27H,3,7,16,18H2,1-2H3,(H,28,30)/t27-/m1/s1. The molecule has 1 saturated heterocycles. The number of ether oxygens (including phenoxy) is 1. The number of hydrogen-bond acceptors (Lipinski definition) is 4. The average molecular weight is 461 g/mol. The Bertz CT molecular complexity index is 1130. The van der Waals surface area contributed by atoms with Gasteiger partial charge in [-0.15, -0.1) is 11.8 Å². The minimum atomic E-state index is -0.117. The van der Waals surface area contributed by atoms with E-state index in [1.54, 1.807) is 18.9 Å². The predicted molar refractivity (Wildman–Crippen MR) is 135 cm³/mol. The molecular formula is C27H28N2O3S. The SMILES string of the molecule is CCCc1ccccc1N1C(=O)CS[C@@H]1c1cccc(NC(=O)Cc2ccc(OC)cc2)c1. The zero-order valence-electron chi connectivity index (χ0n) is 18.9. The third kappa shape index (κ3) is 5.40. The van der Waals surface area contributed by atoms with Crippen LogP contribution in [-0.2, 0) is 22.4 Å². The van der Waals surface area contributed by atoms with E-state index in [1.807, 2.05) is 71.6 Å². The molecule has 1 aliphatic heterocycles. The van der Waals surface area contributed by atoms with E-state index in [4.69, 9.17) is 4.74 Å². The van der Waals surface area contributed by atoms with Crippen LogP contribution in [0.4, 0.5) is 11.4 Å². The van der Waals surface area contributed by atoms with E-state index in [2.05, 4.69) is 18.3 Å². The quantitative estimate of drug-likeness (QED) is 0.475. The number of nitrogens with one attached hydrogen (secondary N) is 1. The molecule has 3 aromatic carbocycles. The van der Waals surface area contributed by atoms with Crippen LogP contribution in [0.3, 0.4) is 0 Å². The van der Waals surface area contributed by atoms with E-state index in [0.717, 1.165) is 41.1 Å². The van der Waals surface area contributed by atoms with Gasteiger partial charge >= 0.3 is 0 Å². The molecule has 2 amide bonds. The molecule has 0 unspecified atom stereocenters. The highest BCUT2D eigenvalue weighted by atomic mass is 32.2. The summed E-state index contributed by atoms with van der Waals surface area (Å²) in [5.74, 6) is 1.24. The minimum Gasteiger partial charge on any atom is -0.497 e. The maximum absolute atomic E-state index is 12.9. The topological polar surface area (TPSA) is 58.6 Å². The number of carbonyl (C=O) groups excluding carboxylic acids is 2. The monoisotopic (exact) mass is 460 g/mol. The van der Waals surface area contributed by atoms with Crippen molar-refractivity contribution in [3.8, 4) is 5.75 Å². The molecule has 3 aromatic rings. The minimum absolute atomic E-state index is 0.0855. The number of aryl methyl sites for hydroxylation is 1. The van der Waals surface area contributed by atoms with Gasteiger partial charge in [0.25, 0.3) is 0 Å². The summed E-state index contributed by atoms with van der Waals surface area (Å²) in [6, 6.07) is 23.4. The molecule has 1 N–H and O–H groups in total. The van der Waals surface area contributed by atoms with Crippen molar-refractivity contribution in [1.29, 1.82) is 0 Å². The van der Waals surface area contributed by atoms with Crippen LogP contribution in [0.1, 0.15) is 35.4 Å². The zero-order valence-corrected chi connectivity index (χ0v) is 19.7. The van der Waals surface area contributed by atoms with Gasteiger partial charge in [0.15, 0.2) is 0 Å². The highest BCUT2D eigenvalue weighted by Gasteiger charge is 2.35. The fraction of sp³-hybridized carbons (Fsp3) is 0.259. The summed E-state index contributed by atoms with van der Waals surface area (Å²) in [6.45, 7) is 2.15. The highest BCUT2D eigenvalue weighted by Crippen LogP contribution is 2.43. The van der Waals surface area contributed by atoms with Crippen LogP contribution in [0.25, 0.3) is 0 Å². The number of thioether (sulfide) groups is 1. The fourth-order valence-electron chi connectivity index (χ4n) is 4.06. The molecule has 4 rings (SSSR count). The van der Waals surface area contributed by atoms with Crippen LogP contribution < -0.4 is 15.0 Å². The number of amides is 2. The molecule has 0 aliphatic carbocycles. The second-order valence-corrected chi connectivity index (χ2v) is 9.07. The summed E-state index contributed by atoms with van der Waals surface area (Å²) in [6.07, 6.45) is 2.23. The molecule has 5 nitrogen and oxygen atoms in total. The number of anilines is 2. The van der Waals surface area contributed by atoms with Crippen molar-refractivity contribution < 1.29 is 14.3 Å². The number of rotatable bonds is 8. The normalized spacial score (nSPS) is 15.5. The number of nitrogens with zero attached hydrogens (tertiary/aromatic N) is 1. The van der Waals surface area contributed by atoms with Crippen LogP contribution in [-0.4, -0.2) is 24.7 Å². The fourth-order valence-corrected chi connectivity index (χ4v) is 5.22. The molecule has 0 spiro atoms. The van der Waals surface area contributed by atoms with Crippen molar-refractivity contribution in [1.82, 2.24) is 0 Å². The second kappa shape index (κ2) is 10.6. The van der Waals surface area contributed by atoms with E-state index in [-0.39, 0.29) is 23.6 Å². The molecule has 6 heteroatoms. The van der Waals surface area contributed by atoms with Crippen molar-refractivity contribution in [3.63, 3.8) is 0 Å². The molecule has 1 aliphatic rings. The molecule has 33 heavy (non-hydrogen) atoms. The smallest absolute Gasteiger partial charge is 0.238 e. The van der Waals surface area contributed by atoms with E-state index < -0.39 is 0 Å². The lowest BCUT2D eigenvalue weighted by Crippen LogP contribution is -2.28. The number of benzene rings is 3. The summed E-state index contributed by atoms with van der Waals surface area (Å²) < 4.78 is 5.17. The lowest BCUT2D eigenvalue weighted by atomic mass is 10.1. The van der Waals surface area contributed by atoms with E-state index in [9.17, 15) is 9.59 Å². The van der Waals surface area contributed by atoms with Crippen molar-refractivity contribution in [2.24, 2.45) is 0 Å². The molecular weight excluding hydrogens is 432 g/mol. The van der Waals surface area contributed by atoms with Crippen LogP contribution in [0.15, 0.2) is 72.8 Å². The average Bonchev–Trinajstić information content (AvgIpc) is 3.21. The molecule has 0 radical (unpaired) electrons. The van der Waals surface area contributed by atoms with Crippen molar-refractivity contribution in [2.45, 2.75) is 31.6 Å². The Morgan fingerprint density at radius 3 is 2.64 bits per heavy atom. The third-order valence-corrected chi connectivity index (χ3v) is 6.83. The maximum Gasteiger partial charge on any atom is 0.238 e. The molecule has 1 atom stereocenters. The van der Waals surface area contributed by atoms with Crippen molar-refractivity contribution >= 4 is 35.0 Å². The first-order valence-corrected chi connectivity index (χ1v) is 12.2. The number of carbonyl (C=O) groups is 2. The first-order valence-electron chi connectivity index (χ1n) is 11.1. The molecule has 0 aromatic heterocycles. The van der Waals surface area contributed by atoms with Gasteiger partial charge in [-0.3, -0.25) is 14.5 Å². The molecule has 0 bridgehead atoms. The van der Waals surface area contributed by atoms with E-state index >= 15 is 0 Å². The highest BCUT2D eigenvalue weighted by molar-refractivity contribution is 8.00. The van der Waals surface area contributed by atoms with Crippen LogP contribution in [0.2, 0.25) is 0 Å². The summed E-state index contributed by atoms with van der Waals surface area (Å²) in [5.41, 5.74) is 4.81. The summed E-state index contributed by atoms with van der Waals surface area (Å²) in [7, 11) is 1.62. The Morgan fingerprint density at radius 2 is 1.88 bits per heavy atom.